The first kappa shape index (κ1) is 16.4. The number of rotatable bonds is 5. The summed E-state index contributed by atoms with van der Waals surface area (Å²) < 4.78 is 1.69. The van der Waals surface area contributed by atoms with Crippen molar-refractivity contribution in [3.8, 4) is 0 Å². The van der Waals surface area contributed by atoms with Crippen LogP contribution in [-0.4, -0.2) is 35.0 Å². The zero-order valence-corrected chi connectivity index (χ0v) is 14.4. The van der Waals surface area contributed by atoms with Gasteiger partial charge in [0.05, 0.1) is 11.5 Å². The first-order valence-electron chi connectivity index (χ1n) is 5.84. The van der Waals surface area contributed by atoms with Crippen LogP contribution in [0.5, 0.6) is 0 Å². The van der Waals surface area contributed by atoms with Crippen LogP contribution in [0.4, 0.5) is 0 Å². The predicted octanol–water partition coefficient (Wildman–Crippen LogP) is 3.24. The summed E-state index contributed by atoms with van der Waals surface area (Å²) in [7, 11) is 0. The summed E-state index contributed by atoms with van der Waals surface area (Å²) >= 11 is 5.50. The van der Waals surface area contributed by atoms with Crippen LogP contribution < -0.4 is 0 Å². The first-order valence-corrected chi connectivity index (χ1v) is 7.71. The Kier molecular flexibility index (Phi) is 6.25. The number of aliphatic carboxylic acids is 1. The van der Waals surface area contributed by atoms with Crippen molar-refractivity contribution in [2.24, 2.45) is 5.92 Å². The van der Waals surface area contributed by atoms with E-state index in [9.17, 15) is 9.59 Å². The molecule has 1 atom stereocenters. The molecule has 19 heavy (non-hydrogen) atoms. The van der Waals surface area contributed by atoms with Crippen LogP contribution in [0.2, 0.25) is 0 Å². The summed E-state index contributed by atoms with van der Waals surface area (Å²) in [5.41, 5.74) is 0.561. The molecule has 0 aliphatic rings. The lowest BCUT2D eigenvalue weighted by molar-refractivity contribution is -0.141. The molecule has 0 saturated heterocycles. The molecular weight excluding hydrogens is 425 g/mol. The number of carboxylic acid groups (broad SMARTS) is 1. The number of benzene rings is 1. The number of halogens is 2. The average Bonchev–Trinajstić information content (AvgIpc) is 2.37. The van der Waals surface area contributed by atoms with Gasteiger partial charge in [0, 0.05) is 21.1 Å². The topological polar surface area (TPSA) is 57.6 Å². The molecule has 0 aliphatic heterocycles. The Hall–Kier alpha value is -0.630. The van der Waals surface area contributed by atoms with Crippen LogP contribution in [0.15, 0.2) is 22.7 Å². The fourth-order valence-electron chi connectivity index (χ4n) is 1.60. The second-order valence-corrected chi connectivity index (χ2v) is 6.31. The molecule has 1 aromatic carbocycles. The third-order valence-electron chi connectivity index (χ3n) is 2.74. The van der Waals surface area contributed by atoms with Crippen molar-refractivity contribution in [2.75, 3.05) is 13.1 Å². The number of amides is 1. The van der Waals surface area contributed by atoms with Gasteiger partial charge in [-0.1, -0.05) is 6.92 Å². The maximum absolute atomic E-state index is 12.4. The number of carbonyl (C=O) groups is 2. The summed E-state index contributed by atoms with van der Waals surface area (Å²) in [5.74, 6) is -1.63. The zero-order chi connectivity index (χ0) is 14.6. The third kappa shape index (κ3) is 4.45. The minimum absolute atomic E-state index is 0.152. The lowest BCUT2D eigenvalue weighted by atomic mass is 10.1. The Balaban J connectivity index is 2.95. The van der Waals surface area contributed by atoms with Crippen molar-refractivity contribution in [3.05, 3.63) is 31.8 Å². The van der Waals surface area contributed by atoms with E-state index in [4.69, 9.17) is 5.11 Å². The molecule has 1 aromatic rings. The Bertz CT molecular complexity index is 493. The molecule has 1 amide bonds. The smallest absolute Gasteiger partial charge is 0.308 e. The lowest BCUT2D eigenvalue weighted by Gasteiger charge is -2.23. The molecule has 0 spiro atoms. The summed E-state index contributed by atoms with van der Waals surface area (Å²) in [6.45, 7) is 4.13. The quantitative estimate of drug-likeness (QED) is 0.716. The number of carbonyl (C=O) groups excluding carboxylic acids is 1. The van der Waals surface area contributed by atoms with Gasteiger partial charge in [0.25, 0.3) is 5.91 Å². The van der Waals surface area contributed by atoms with Gasteiger partial charge in [-0.2, -0.15) is 0 Å². The van der Waals surface area contributed by atoms with Crippen molar-refractivity contribution < 1.29 is 14.7 Å². The van der Waals surface area contributed by atoms with Crippen molar-refractivity contribution in [1.29, 1.82) is 0 Å². The summed E-state index contributed by atoms with van der Waals surface area (Å²) in [6.07, 6.45) is 0. The van der Waals surface area contributed by atoms with Gasteiger partial charge in [-0.05, 0) is 63.6 Å². The molecule has 0 bridgehead atoms. The van der Waals surface area contributed by atoms with Gasteiger partial charge >= 0.3 is 5.97 Å². The molecule has 1 N–H and O–H groups in total. The largest absolute Gasteiger partial charge is 0.481 e. The highest BCUT2D eigenvalue weighted by atomic mass is 127. The molecule has 104 valence electrons. The zero-order valence-electron chi connectivity index (χ0n) is 10.7. The second kappa shape index (κ2) is 7.23. The molecule has 0 aromatic heterocycles. The molecule has 6 heteroatoms. The van der Waals surface area contributed by atoms with Crippen LogP contribution in [0.1, 0.15) is 24.2 Å². The minimum Gasteiger partial charge on any atom is -0.481 e. The number of carboxylic acids is 1. The molecule has 0 aliphatic carbocycles. The normalized spacial score (nSPS) is 12.0. The van der Waals surface area contributed by atoms with Crippen LogP contribution in [0, 0.1) is 9.49 Å². The van der Waals surface area contributed by atoms with Crippen molar-refractivity contribution in [3.63, 3.8) is 0 Å². The maximum Gasteiger partial charge on any atom is 0.308 e. The number of hydrogen-bond donors (Lipinski definition) is 1. The van der Waals surface area contributed by atoms with Gasteiger partial charge in [-0.15, -0.1) is 0 Å². The number of nitrogens with zero attached hydrogens (tertiary/aromatic N) is 1. The molecule has 1 rings (SSSR count). The van der Waals surface area contributed by atoms with E-state index in [1.165, 1.54) is 0 Å². The average molecular weight is 440 g/mol. The van der Waals surface area contributed by atoms with Gasteiger partial charge in [-0.25, -0.2) is 0 Å². The Morgan fingerprint density at radius 3 is 2.63 bits per heavy atom. The van der Waals surface area contributed by atoms with Crippen molar-refractivity contribution >= 4 is 50.4 Å². The predicted molar refractivity (Wildman–Crippen MR) is 85.2 cm³/mol. The van der Waals surface area contributed by atoms with Crippen molar-refractivity contribution in [1.82, 2.24) is 4.90 Å². The van der Waals surface area contributed by atoms with E-state index in [-0.39, 0.29) is 12.5 Å². The van der Waals surface area contributed by atoms with E-state index < -0.39 is 11.9 Å². The SMILES string of the molecule is CCN(CC(C)C(=O)O)C(=O)c1cc(I)ccc1Br. The van der Waals surface area contributed by atoms with E-state index in [0.717, 1.165) is 8.04 Å². The molecule has 0 saturated carbocycles. The number of hydrogen-bond acceptors (Lipinski definition) is 2. The van der Waals surface area contributed by atoms with Gasteiger partial charge < -0.3 is 10.0 Å². The third-order valence-corrected chi connectivity index (χ3v) is 4.11. The Morgan fingerprint density at radius 1 is 1.47 bits per heavy atom. The van der Waals surface area contributed by atoms with Crippen molar-refractivity contribution in [2.45, 2.75) is 13.8 Å². The van der Waals surface area contributed by atoms with E-state index in [1.54, 1.807) is 17.9 Å². The fourth-order valence-corrected chi connectivity index (χ4v) is 2.50. The van der Waals surface area contributed by atoms with Crippen LogP contribution in [-0.2, 0) is 4.79 Å². The first-order chi connectivity index (χ1) is 8.86. The fraction of sp³-hybridized carbons (Fsp3) is 0.385. The van der Waals surface area contributed by atoms with E-state index in [1.807, 2.05) is 19.1 Å². The van der Waals surface area contributed by atoms with Gasteiger partial charge in [0.2, 0.25) is 0 Å². The highest BCUT2D eigenvalue weighted by Gasteiger charge is 2.22. The molecule has 4 nitrogen and oxygen atoms in total. The summed E-state index contributed by atoms with van der Waals surface area (Å²) in [6, 6.07) is 5.52. The van der Waals surface area contributed by atoms with Gasteiger partial charge in [0.1, 0.15) is 0 Å². The molecule has 0 heterocycles. The van der Waals surface area contributed by atoms with Gasteiger partial charge in [0.15, 0.2) is 0 Å². The summed E-state index contributed by atoms with van der Waals surface area (Å²) in [5, 5.41) is 8.93. The van der Waals surface area contributed by atoms with Crippen LogP contribution in [0.3, 0.4) is 0 Å². The highest BCUT2D eigenvalue weighted by Crippen LogP contribution is 2.21. The monoisotopic (exact) mass is 439 g/mol. The maximum atomic E-state index is 12.4. The molecule has 0 radical (unpaired) electrons. The molecule has 0 fully saturated rings. The van der Waals surface area contributed by atoms with Crippen LogP contribution in [0.25, 0.3) is 0 Å². The molecular formula is C13H15BrINO3. The highest BCUT2D eigenvalue weighted by molar-refractivity contribution is 14.1. The second-order valence-electron chi connectivity index (χ2n) is 4.21. The van der Waals surface area contributed by atoms with E-state index in [0.29, 0.717) is 12.1 Å². The summed E-state index contributed by atoms with van der Waals surface area (Å²) in [4.78, 5) is 24.8. The minimum atomic E-state index is -0.895. The lowest BCUT2D eigenvalue weighted by Crippen LogP contribution is -2.37. The van der Waals surface area contributed by atoms with Crippen LogP contribution >= 0.6 is 38.5 Å². The Labute approximate surface area is 134 Å². The molecule has 1 unspecified atom stereocenters. The standard InChI is InChI=1S/C13H15BrINO3/c1-3-16(7-8(2)13(18)19)12(17)10-6-9(15)4-5-11(10)14/h4-6,8H,3,7H2,1-2H3,(H,18,19). The Morgan fingerprint density at radius 2 is 2.11 bits per heavy atom. The van der Waals surface area contributed by atoms with E-state index in [2.05, 4.69) is 38.5 Å². The van der Waals surface area contributed by atoms with Gasteiger partial charge in [-0.3, -0.25) is 9.59 Å². The van der Waals surface area contributed by atoms with E-state index >= 15 is 0 Å².